The Kier molecular flexibility index (Phi) is 5.33. The van der Waals surface area contributed by atoms with Crippen molar-refractivity contribution in [2.24, 2.45) is 10.7 Å². The van der Waals surface area contributed by atoms with Crippen LogP contribution in [0.5, 0.6) is 0 Å². The second kappa shape index (κ2) is 7.83. The second-order valence-electron chi connectivity index (χ2n) is 6.43. The fraction of sp³-hybridized carbons (Fsp3) is 0.300. The number of amides is 1. The molecule has 5 nitrogen and oxygen atoms in total. The minimum atomic E-state index is 0.245. The van der Waals surface area contributed by atoms with E-state index in [1.807, 2.05) is 54.3 Å². The standard InChI is InChI=1S/C20H24N4O/c1-15-5-2-8-18(11-15)23-20(21)22-13-16-6-3-7-17(12-16)14-24-10-4-9-19(24)25/h2-3,5-8,11-12H,4,9-10,13-14H2,1H3,(H3,21,22,23). The minimum Gasteiger partial charge on any atom is -0.370 e. The van der Waals surface area contributed by atoms with Gasteiger partial charge in [-0.05, 0) is 42.2 Å². The number of aryl methyl sites for hydroxylation is 1. The Morgan fingerprint density at radius 2 is 2.00 bits per heavy atom. The van der Waals surface area contributed by atoms with Crippen molar-refractivity contribution >= 4 is 17.6 Å². The fourth-order valence-corrected chi connectivity index (χ4v) is 3.00. The van der Waals surface area contributed by atoms with Crippen molar-refractivity contribution in [1.29, 1.82) is 0 Å². The number of anilines is 1. The van der Waals surface area contributed by atoms with E-state index in [-0.39, 0.29) is 5.91 Å². The maximum absolute atomic E-state index is 11.8. The van der Waals surface area contributed by atoms with Crippen molar-refractivity contribution in [3.8, 4) is 0 Å². The molecule has 0 bridgehead atoms. The summed E-state index contributed by atoms with van der Waals surface area (Å²) in [6.45, 7) is 4.07. The van der Waals surface area contributed by atoms with E-state index in [1.54, 1.807) is 0 Å². The quantitative estimate of drug-likeness (QED) is 0.651. The molecule has 2 aromatic rings. The fourth-order valence-electron chi connectivity index (χ4n) is 3.00. The highest BCUT2D eigenvalue weighted by Gasteiger charge is 2.19. The summed E-state index contributed by atoms with van der Waals surface area (Å²) in [5.74, 6) is 0.640. The van der Waals surface area contributed by atoms with Crippen molar-refractivity contribution in [1.82, 2.24) is 4.90 Å². The van der Waals surface area contributed by atoms with Gasteiger partial charge in [0.1, 0.15) is 0 Å². The number of rotatable bonds is 5. The molecule has 5 heteroatoms. The summed E-state index contributed by atoms with van der Waals surface area (Å²) in [7, 11) is 0. The smallest absolute Gasteiger partial charge is 0.222 e. The third-order valence-corrected chi connectivity index (χ3v) is 4.26. The molecule has 0 spiro atoms. The van der Waals surface area contributed by atoms with Crippen molar-refractivity contribution < 1.29 is 4.79 Å². The molecule has 2 aromatic carbocycles. The van der Waals surface area contributed by atoms with E-state index in [4.69, 9.17) is 5.73 Å². The highest BCUT2D eigenvalue weighted by molar-refractivity contribution is 5.92. The number of hydrogen-bond acceptors (Lipinski definition) is 2. The summed E-state index contributed by atoms with van der Waals surface area (Å²) in [6, 6.07) is 16.2. The monoisotopic (exact) mass is 336 g/mol. The van der Waals surface area contributed by atoms with Gasteiger partial charge >= 0.3 is 0 Å². The first-order valence-electron chi connectivity index (χ1n) is 8.59. The molecular formula is C20H24N4O. The number of carbonyl (C=O) groups is 1. The topological polar surface area (TPSA) is 70.7 Å². The maximum Gasteiger partial charge on any atom is 0.222 e. The van der Waals surface area contributed by atoms with Crippen LogP contribution >= 0.6 is 0 Å². The zero-order chi connectivity index (χ0) is 17.6. The van der Waals surface area contributed by atoms with Gasteiger partial charge in [-0.15, -0.1) is 0 Å². The number of aliphatic imine (C=N–C) groups is 1. The molecule has 3 N–H and O–H groups in total. The van der Waals surface area contributed by atoms with Gasteiger partial charge in [0, 0.05) is 25.2 Å². The van der Waals surface area contributed by atoms with Crippen LogP contribution in [0.1, 0.15) is 29.5 Å². The Morgan fingerprint density at radius 1 is 1.20 bits per heavy atom. The van der Waals surface area contributed by atoms with E-state index in [9.17, 15) is 4.79 Å². The summed E-state index contributed by atoms with van der Waals surface area (Å²) in [5, 5.41) is 3.11. The van der Waals surface area contributed by atoms with Gasteiger partial charge in [0.05, 0.1) is 6.54 Å². The van der Waals surface area contributed by atoms with Crippen molar-refractivity contribution in [2.75, 3.05) is 11.9 Å². The molecule has 0 aromatic heterocycles. The third-order valence-electron chi connectivity index (χ3n) is 4.26. The Hall–Kier alpha value is -2.82. The van der Waals surface area contributed by atoms with E-state index in [0.29, 0.717) is 25.5 Å². The SMILES string of the molecule is Cc1cccc(NC(N)=NCc2cccc(CN3CCCC3=O)c2)c1. The molecule has 0 atom stereocenters. The van der Waals surface area contributed by atoms with Crippen LogP contribution in [0.4, 0.5) is 5.69 Å². The van der Waals surface area contributed by atoms with Crippen LogP contribution in [-0.2, 0) is 17.9 Å². The molecule has 0 saturated carbocycles. The number of likely N-dealkylation sites (tertiary alicyclic amines) is 1. The normalized spacial score (nSPS) is 14.8. The lowest BCUT2D eigenvalue weighted by atomic mass is 10.1. The molecule has 1 amide bonds. The van der Waals surface area contributed by atoms with E-state index in [0.717, 1.165) is 29.8 Å². The maximum atomic E-state index is 11.8. The molecule has 130 valence electrons. The van der Waals surface area contributed by atoms with E-state index < -0.39 is 0 Å². The van der Waals surface area contributed by atoms with Gasteiger partial charge in [-0.2, -0.15) is 0 Å². The lowest BCUT2D eigenvalue weighted by Crippen LogP contribution is -2.24. The van der Waals surface area contributed by atoms with Crippen LogP contribution in [-0.4, -0.2) is 23.3 Å². The van der Waals surface area contributed by atoms with Crippen LogP contribution in [0.2, 0.25) is 0 Å². The molecule has 1 aliphatic rings. The van der Waals surface area contributed by atoms with Gasteiger partial charge < -0.3 is 16.0 Å². The number of hydrogen-bond donors (Lipinski definition) is 2. The molecule has 1 fully saturated rings. The molecule has 25 heavy (non-hydrogen) atoms. The van der Waals surface area contributed by atoms with Crippen LogP contribution in [0.15, 0.2) is 53.5 Å². The average Bonchev–Trinajstić information content (AvgIpc) is 2.98. The lowest BCUT2D eigenvalue weighted by Gasteiger charge is -2.15. The Morgan fingerprint density at radius 3 is 2.76 bits per heavy atom. The Bertz CT molecular complexity index is 785. The zero-order valence-electron chi connectivity index (χ0n) is 14.5. The molecule has 0 aliphatic carbocycles. The predicted octanol–water partition coefficient (Wildman–Crippen LogP) is 3.04. The highest BCUT2D eigenvalue weighted by Crippen LogP contribution is 2.15. The molecule has 1 heterocycles. The zero-order valence-corrected chi connectivity index (χ0v) is 14.5. The number of carbonyl (C=O) groups excluding carboxylic acids is 1. The molecule has 1 aliphatic heterocycles. The molecular weight excluding hydrogens is 312 g/mol. The molecule has 0 unspecified atom stereocenters. The summed E-state index contributed by atoms with van der Waals surface area (Å²) in [6.07, 6.45) is 1.63. The predicted molar refractivity (Wildman–Crippen MR) is 101 cm³/mol. The first-order chi connectivity index (χ1) is 12.1. The number of nitrogens with one attached hydrogen (secondary N) is 1. The minimum absolute atomic E-state index is 0.245. The van der Waals surface area contributed by atoms with Crippen molar-refractivity contribution in [3.63, 3.8) is 0 Å². The Balaban J connectivity index is 1.60. The molecule has 0 radical (unpaired) electrons. The van der Waals surface area contributed by atoms with Crippen LogP contribution < -0.4 is 11.1 Å². The van der Waals surface area contributed by atoms with Gasteiger partial charge in [-0.25, -0.2) is 4.99 Å². The van der Waals surface area contributed by atoms with Crippen LogP contribution in [0.25, 0.3) is 0 Å². The first kappa shape index (κ1) is 17.0. The Labute approximate surface area is 148 Å². The largest absolute Gasteiger partial charge is 0.370 e. The summed E-state index contributed by atoms with van der Waals surface area (Å²) in [4.78, 5) is 18.1. The van der Waals surface area contributed by atoms with E-state index in [1.165, 1.54) is 5.56 Å². The average molecular weight is 336 g/mol. The van der Waals surface area contributed by atoms with E-state index in [2.05, 4.69) is 16.4 Å². The molecule has 1 saturated heterocycles. The summed E-state index contributed by atoms with van der Waals surface area (Å²) in [5.41, 5.74) is 10.3. The van der Waals surface area contributed by atoms with E-state index >= 15 is 0 Å². The van der Waals surface area contributed by atoms with Gasteiger partial charge in [-0.1, -0.05) is 36.4 Å². The number of nitrogens with zero attached hydrogens (tertiary/aromatic N) is 2. The van der Waals surface area contributed by atoms with Crippen LogP contribution in [0.3, 0.4) is 0 Å². The van der Waals surface area contributed by atoms with Crippen molar-refractivity contribution in [2.45, 2.75) is 32.9 Å². The second-order valence-corrected chi connectivity index (χ2v) is 6.43. The first-order valence-corrected chi connectivity index (χ1v) is 8.59. The van der Waals surface area contributed by atoms with Gasteiger partial charge in [0.15, 0.2) is 5.96 Å². The van der Waals surface area contributed by atoms with Gasteiger partial charge in [0.25, 0.3) is 0 Å². The van der Waals surface area contributed by atoms with Gasteiger partial charge in [-0.3, -0.25) is 4.79 Å². The number of nitrogens with two attached hydrogens (primary N) is 1. The van der Waals surface area contributed by atoms with Crippen molar-refractivity contribution in [3.05, 3.63) is 65.2 Å². The van der Waals surface area contributed by atoms with Gasteiger partial charge in [0.2, 0.25) is 5.91 Å². The number of guanidine groups is 1. The summed E-state index contributed by atoms with van der Waals surface area (Å²) < 4.78 is 0. The summed E-state index contributed by atoms with van der Waals surface area (Å²) >= 11 is 0. The lowest BCUT2D eigenvalue weighted by molar-refractivity contribution is -0.128. The number of benzene rings is 2. The highest BCUT2D eigenvalue weighted by atomic mass is 16.2. The third kappa shape index (κ3) is 4.83. The van der Waals surface area contributed by atoms with Crippen LogP contribution in [0, 0.1) is 6.92 Å². The molecule has 3 rings (SSSR count).